The Hall–Kier alpha value is -1.47. The molecule has 1 heterocycles. The molecule has 0 saturated carbocycles. The fourth-order valence-corrected chi connectivity index (χ4v) is 1.56. The summed E-state index contributed by atoms with van der Waals surface area (Å²) in [6, 6.07) is 0. The van der Waals surface area contributed by atoms with Gasteiger partial charge >= 0.3 is 0 Å². The molecule has 1 atom stereocenters. The van der Waals surface area contributed by atoms with Gasteiger partial charge in [-0.15, -0.1) is 0 Å². The van der Waals surface area contributed by atoms with Gasteiger partial charge in [0.05, 0.1) is 6.61 Å². The van der Waals surface area contributed by atoms with Crippen molar-refractivity contribution in [1.82, 2.24) is 15.0 Å². The van der Waals surface area contributed by atoms with Crippen LogP contribution in [0.1, 0.15) is 33.5 Å². The smallest absolute Gasteiger partial charge is 0.227 e. The Balaban J connectivity index is 2.85. The van der Waals surface area contributed by atoms with Crippen LogP contribution in [0.25, 0.3) is 0 Å². The van der Waals surface area contributed by atoms with E-state index in [0.717, 1.165) is 0 Å². The number of methoxy groups -OCH3 is 2. The first-order valence-electron chi connectivity index (χ1n) is 6.50. The number of ether oxygens (including phenoxy) is 2. The summed E-state index contributed by atoms with van der Waals surface area (Å²) in [5, 5.41) is 3.13. The third-order valence-electron chi connectivity index (χ3n) is 2.89. The molecule has 0 saturated heterocycles. The summed E-state index contributed by atoms with van der Waals surface area (Å²) in [6.45, 7) is 8.98. The summed E-state index contributed by atoms with van der Waals surface area (Å²) in [5.41, 5.74) is 5.08. The minimum absolute atomic E-state index is 0.190. The van der Waals surface area contributed by atoms with Gasteiger partial charge in [-0.05, 0) is 6.92 Å². The van der Waals surface area contributed by atoms with Crippen LogP contribution in [0.2, 0.25) is 0 Å². The lowest BCUT2D eigenvalue weighted by atomic mass is 9.96. The molecule has 1 aromatic rings. The van der Waals surface area contributed by atoms with E-state index in [2.05, 4.69) is 20.3 Å². The van der Waals surface area contributed by atoms with Gasteiger partial charge in [-0.25, -0.2) is 0 Å². The maximum absolute atomic E-state index is 5.73. The van der Waals surface area contributed by atoms with Crippen molar-refractivity contribution in [3.05, 3.63) is 5.82 Å². The number of nitrogens with zero attached hydrogens (tertiary/aromatic N) is 3. The van der Waals surface area contributed by atoms with Gasteiger partial charge in [0, 0.05) is 26.2 Å². The first-order valence-corrected chi connectivity index (χ1v) is 6.50. The molecule has 0 aliphatic rings. The summed E-state index contributed by atoms with van der Waals surface area (Å²) in [5.74, 6) is 1.30. The minimum Gasteiger partial charge on any atom is -0.382 e. The third-order valence-corrected chi connectivity index (χ3v) is 2.89. The first-order chi connectivity index (χ1) is 9.20. The highest BCUT2D eigenvalue weighted by Gasteiger charge is 2.25. The molecule has 7 heteroatoms. The molecule has 0 aromatic carbocycles. The molecule has 0 radical (unpaired) electrons. The van der Waals surface area contributed by atoms with Crippen LogP contribution in [0.3, 0.4) is 0 Å². The summed E-state index contributed by atoms with van der Waals surface area (Å²) in [6.07, 6.45) is 0. The zero-order valence-electron chi connectivity index (χ0n) is 13.1. The van der Waals surface area contributed by atoms with Crippen LogP contribution >= 0.6 is 0 Å². The van der Waals surface area contributed by atoms with E-state index in [-0.39, 0.29) is 11.4 Å². The van der Waals surface area contributed by atoms with E-state index in [9.17, 15) is 0 Å². The fraction of sp³-hybridized carbons (Fsp3) is 0.769. The average Bonchev–Trinajstić information content (AvgIpc) is 2.35. The van der Waals surface area contributed by atoms with Crippen LogP contribution in [0.15, 0.2) is 0 Å². The number of nitrogen functional groups attached to an aromatic ring is 1. The van der Waals surface area contributed by atoms with Crippen molar-refractivity contribution >= 4 is 11.9 Å². The van der Waals surface area contributed by atoms with Gasteiger partial charge < -0.3 is 20.5 Å². The molecule has 1 rings (SSSR count). The number of hydrogen-bond donors (Lipinski definition) is 2. The minimum atomic E-state index is -0.460. The molecule has 0 aliphatic heterocycles. The Labute approximate surface area is 120 Å². The van der Waals surface area contributed by atoms with E-state index in [1.807, 2.05) is 27.7 Å². The predicted molar refractivity (Wildman–Crippen MR) is 78.7 cm³/mol. The van der Waals surface area contributed by atoms with E-state index in [1.54, 1.807) is 14.2 Å². The van der Waals surface area contributed by atoms with Gasteiger partial charge in [0.15, 0.2) is 0 Å². The maximum atomic E-state index is 5.73. The van der Waals surface area contributed by atoms with Crippen LogP contribution in [0.5, 0.6) is 0 Å². The fourth-order valence-electron chi connectivity index (χ4n) is 1.56. The Bertz CT molecular complexity index is 447. The maximum Gasteiger partial charge on any atom is 0.227 e. The van der Waals surface area contributed by atoms with Crippen LogP contribution in [-0.2, 0) is 14.9 Å². The van der Waals surface area contributed by atoms with E-state index < -0.39 is 5.60 Å². The Morgan fingerprint density at radius 1 is 1.10 bits per heavy atom. The van der Waals surface area contributed by atoms with E-state index in [4.69, 9.17) is 15.2 Å². The standard InChI is InChI=1S/C13H25N5O2/c1-12(2,3)9-16-10(14)18-11(17-9)15-7-13(4,20-6)8-19-5/h7-8H2,1-6H3,(H3,14,15,16,17,18). The molecule has 0 aliphatic carbocycles. The monoisotopic (exact) mass is 283 g/mol. The zero-order chi connectivity index (χ0) is 15.4. The summed E-state index contributed by atoms with van der Waals surface area (Å²) >= 11 is 0. The van der Waals surface area contributed by atoms with Crippen molar-refractivity contribution in [1.29, 1.82) is 0 Å². The van der Waals surface area contributed by atoms with Crippen LogP contribution in [0.4, 0.5) is 11.9 Å². The van der Waals surface area contributed by atoms with E-state index >= 15 is 0 Å². The van der Waals surface area contributed by atoms with Gasteiger partial charge in [0.1, 0.15) is 11.4 Å². The SMILES string of the molecule is COCC(C)(CNc1nc(N)nc(C(C)(C)C)n1)OC. The number of nitrogens with one attached hydrogen (secondary N) is 1. The molecule has 7 nitrogen and oxygen atoms in total. The van der Waals surface area contributed by atoms with Gasteiger partial charge in [0.2, 0.25) is 11.9 Å². The molecule has 1 unspecified atom stereocenters. The van der Waals surface area contributed by atoms with Crippen molar-refractivity contribution in [3.63, 3.8) is 0 Å². The number of anilines is 2. The molecule has 0 bridgehead atoms. The number of aromatic nitrogens is 3. The Kier molecular flexibility index (Phi) is 5.24. The van der Waals surface area contributed by atoms with Crippen molar-refractivity contribution in [2.45, 2.75) is 38.7 Å². The molecule has 114 valence electrons. The second-order valence-electron chi connectivity index (χ2n) is 6.03. The summed E-state index contributed by atoms with van der Waals surface area (Å²) in [4.78, 5) is 12.7. The van der Waals surface area contributed by atoms with Crippen molar-refractivity contribution in [2.75, 3.05) is 38.4 Å². The lowest BCUT2D eigenvalue weighted by Gasteiger charge is -2.27. The van der Waals surface area contributed by atoms with E-state index in [1.165, 1.54) is 0 Å². The van der Waals surface area contributed by atoms with Gasteiger partial charge in [-0.3, -0.25) is 0 Å². The topological polar surface area (TPSA) is 95.2 Å². The third kappa shape index (κ3) is 4.57. The highest BCUT2D eigenvalue weighted by Crippen LogP contribution is 2.20. The Morgan fingerprint density at radius 2 is 1.75 bits per heavy atom. The number of nitrogens with two attached hydrogens (primary N) is 1. The summed E-state index contributed by atoms with van der Waals surface area (Å²) in [7, 11) is 3.28. The van der Waals surface area contributed by atoms with Crippen molar-refractivity contribution < 1.29 is 9.47 Å². The lowest BCUT2D eigenvalue weighted by molar-refractivity contribution is -0.0411. The summed E-state index contributed by atoms with van der Waals surface area (Å²) < 4.78 is 10.6. The van der Waals surface area contributed by atoms with E-state index in [0.29, 0.717) is 24.9 Å². The lowest BCUT2D eigenvalue weighted by Crippen LogP contribution is -2.40. The second-order valence-corrected chi connectivity index (χ2v) is 6.03. The number of rotatable bonds is 6. The highest BCUT2D eigenvalue weighted by atomic mass is 16.5. The normalized spacial score (nSPS) is 14.9. The largest absolute Gasteiger partial charge is 0.382 e. The number of hydrogen-bond acceptors (Lipinski definition) is 7. The first kappa shape index (κ1) is 16.6. The zero-order valence-corrected chi connectivity index (χ0v) is 13.1. The molecule has 0 spiro atoms. The average molecular weight is 283 g/mol. The van der Waals surface area contributed by atoms with Crippen molar-refractivity contribution in [2.24, 2.45) is 0 Å². The second kappa shape index (κ2) is 6.32. The molecule has 20 heavy (non-hydrogen) atoms. The highest BCUT2D eigenvalue weighted by molar-refractivity contribution is 5.32. The predicted octanol–water partition coefficient (Wildman–Crippen LogP) is 1.21. The van der Waals surface area contributed by atoms with Gasteiger partial charge in [0.25, 0.3) is 0 Å². The molecule has 0 amide bonds. The van der Waals surface area contributed by atoms with Crippen molar-refractivity contribution in [3.8, 4) is 0 Å². The molecule has 1 aromatic heterocycles. The molecule has 0 fully saturated rings. The van der Waals surface area contributed by atoms with Gasteiger partial charge in [-0.1, -0.05) is 20.8 Å². The Morgan fingerprint density at radius 3 is 2.25 bits per heavy atom. The molecule has 3 N–H and O–H groups in total. The van der Waals surface area contributed by atoms with Crippen LogP contribution < -0.4 is 11.1 Å². The van der Waals surface area contributed by atoms with Crippen LogP contribution in [-0.4, -0.2) is 47.9 Å². The molecular formula is C13H25N5O2. The van der Waals surface area contributed by atoms with Crippen LogP contribution in [0, 0.1) is 0 Å². The molecular weight excluding hydrogens is 258 g/mol. The quantitative estimate of drug-likeness (QED) is 0.810. The van der Waals surface area contributed by atoms with Gasteiger partial charge in [-0.2, -0.15) is 15.0 Å².